The number of nitrogens with zero attached hydrogens (tertiary/aromatic N) is 2. The third kappa shape index (κ3) is 3.25. The van der Waals surface area contributed by atoms with Gasteiger partial charge < -0.3 is 14.2 Å². The highest BCUT2D eigenvalue weighted by Crippen LogP contribution is 2.36. The van der Waals surface area contributed by atoms with Crippen LogP contribution in [0.5, 0.6) is 11.5 Å². The van der Waals surface area contributed by atoms with Crippen LogP contribution in [0.2, 0.25) is 0 Å². The van der Waals surface area contributed by atoms with Crippen LogP contribution in [0.4, 0.5) is 5.69 Å². The van der Waals surface area contributed by atoms with E-state index in [0.717, 1.165) is 0 Å². The number of carbonyl (C=O) groups excluding carboxylic acids is 1. The largest absolute Gasteiger partial charge is 0.493 e. The molecule has 0 amide bonds. The van der Waals surface area contributed by atoms with E-state index >= 15 is 0 Å². The van der Waals surface area contributed by atoms with Gasteiger partial charge in [0.05, 0.1) is 30.8 Å². The maximum absolute atomic E-state index is 12.1. The van der Waals surface area contributed by atoms with Crippen molar-refractivity contribution in [1.29, 1.82) is 0 Å². The summed E-state index contributed by atoms with van der Waals surface area (Å²) in [5.41, 5.74) is 0.495. The van der Waals surface area contributed by atoms with Crippen LogP contribution in [0.25, 0.3) is 6.08 Å². The number of aliphatic imine (C=N–C) groups is 1. The number of cyclic esters (lactones) is 1. The fraction of sp³-hybridized carbons (Fsp3) is 0.111. The van der Waals surface area contributed by atoms with Gasteiger partial charge in [0.2, 0.25) is 5.90 Å². The Morgan fingerprint density at radius 1 is 1.12 bits per heavy atom. The fourth-order valence-electron chi connectivity index (χ4n) is 2.42. The molecule has 26 heavy (non-hydrogen) atoms. The van der Waals surface area contributed by atoms with Crippen molar-refractivity contribution in [3.05, 3.63) is 69.4 Å². The Morgan fingerprint density at radius 2 is 1.77 bits per heavy atom. The predicted octanol–water partition coefficient (Wildman–Crippen LogP) is 2.96. The van der Waals surface area contributed by atoms with E-state index in [0.29, 0.717) is 11.3 Å². The predicted molar refractivity (Wildman–Crippen MR) is 93.2 cm³/mol. The minimum absolute atomic E-state index is 0.0424. The molecule has 0 fully saturated rings. The zero-order valence-electron chi connectivity index (χ0n) is 14.0. The first-order valence-electron chi connectivity index (χ1n) is 7.52. The molecular formula is C18H14N2O6. The molecule has 0 atom stereocenters. The Kier molecular flexibility index (Phi) is 4.66. The molecule has 0 aromatic heterocycles. The van der Waals surface area contributed by atoms with Gasteiger partial charge in [-0.2, -0.15) is 0 Å². The highest BCUT2D eigenvalue weighted by atomic mass is 16.6. The Labute approximate surface area is 148 Å². The van der Waals surface area contributed by atoms with E-state index in [1.165, 1.54) is 32.4 Å². The number of methoxy groups -OCH3 is 2. The average molecular weight is 354 g/mol. The molecule has 1 aliphatic heterocycles. The summed E-state index contributed by atoms with van der Waals surface area (Å²) in [5.74, 6) is -0.0367. The molecule has 0 N–H and O–H groups in total. The van der Waals surface area contributed by atoms with Crippen molar-refractivity contribution >= 4 is 23.6 Å². The molecule has 0 saturated carbocycles. The fourth-order valence-corrected chi connectivity index (χ4v) is 2.42. The van der Waals surface area contributed by atoms with E-state index < -0.39 is 10.9 Å². The number of hydrogen-bond donors (Lipinski definition) is 0. The number of hydrogen-bond acceptors (Lipinski definition) is 7. The molecule has 132 valence electrons. The second kappa shape index (κ2) is 7.06. The second-order valence-electron chi connectivity index (χ2n) is 5.23. The molecule has 0 saturated heterocycles. The Balaban J connectivity index is 2.07. The van der Waals surface area contributed by atoms with Crippen LogP contribution < -0.4 is 9.47 Å². The summed E-state index contributed by atoms with van der Waals surface area (Å²) in [4.78, 5) is 27.0. The smallest absolute Gasteiger partial charge is 0.363 e. The SMILES string of the molecule is COc1cc(/C=C2\N=C(c3ccccc3)OC2=O)c([N+](=O)[O-])cc1OC. The summed E-state index contributed by atoms with van der Waals surface area (Å²) in [7, 11) is 2.79. The van der Waals surface area contributed by atoms with Crippen molar-refractivity contribution in [3.63, 3.8) is 0 Å². The molecule has 8 heteroatoms. The summed E-state index contributed by atoms with van der Waals surface area (Å²) < 4.78 is 15.4. The van der Waals surface area contributed by atoms with Gasteiger partial charge in [0.25, 0.3) is 5.69 Å². The van der Waals surface area contributed by atoms with Gasteiger partial charge in [0.1, 0.15) is 0 Å². The van der Waals surface area contributed by atoms with E-state index in [4.69, 9.17) is 14.2 Å². The summed E-state index contributed by atoms with van der Waals surface area (Å²) in [6.07, 6.45) is 1.29. The lowest BCUT2D eigenvalue weighted by Crippen LogP contribution is -2.05. The van der Waals surface area contributed by atoms with Gasteiger partial charge >= 0.3 is 5.97 Å². The number of benzene rings is 2. The number of rotatable bonds is 5. The van der Waals surface area contributed by atoms with Crippen LogP contribution in [0, 0.1) is 10.1 Å². The summed E-state index contributed by atoms with van der Waals surface area (Å²) in [5, 5.41) is 11.4. The molecule has 3 rings (SSSR count). The Morgan fingerprint density at radius 3 is 2.38 bits per heavy atom. The van der Waals surface area contributed by atoms with E-state index in [-0.39, 0.29) is 28.6 Å². The zero-order chi connectivity index (χ0) is 18.7. The number of carbonyl (C=O) groups is 1. The molecule has 0 spiro atoms. The van der Waals surface area contributed by atoms with Gasteiger partial charge in [0.15, 0.2) is 17.2 Å². The average Bonchev–Trinajstić information content (AvgIpc) is 3.02. The van der Waals surface area contributed by atoms with Crippen molar-refractivity contribution in [1.82, 2.24) is 0 Å². The summed E-state index contributed by atoms with van der Waals surface area (Å²) in [6.45, 7) is 0. The van der Waals surface area contributed by atoms with Gasteiger partial charge in [-0.25, -0.2) is 9.79 Å². The number of nitro benzene ring substituents is 1. The molecule has 0 aliphatic carbocycles. The van der Waals surface area contributed by atoms with Crippen molar-refractivity contribution < 1.29 is 23.9 Å². The minimum Gasteiger partial charge on any atom is -0.493 e. The van der Waals surface area contributed by atoms with Crippen molar-refractivity contribution in [2.24, 2.45) is 4.99 Å². The maximum atomic E-state index is 12.1. The molecule has 2 aromatic carbocycles. The van der Waals surface area contributed by atoms with Crippen LogP contribution in [0.15, 0.2) is 53.2 Å². The molecule has 1 aliphatic rings. The molecular weight excluding hydrogens is 340 g/mol. The highest BCUT2D eigenvalue weighted by molar-refractivity contribution is 6.13. The first-order valence-corrected chi connectivity index (χ1v) is 7.52. The van der Waals surface area contributed by atoms with Crippen LogP contribution in [0.3, 0.4) is 0 Å². The lowest BCUT2D eigenvalue weighted by molar-refractivity contribution is -0.385. The van der Waals surface area contributed by atoms with Gasteiger partial charge in [-0.1, -0.05) is 18.2 Å². The standard InChI is InChI=1S/C18H14N2O6/c1-24-15-9-12(14(20(22)23)10-16(15)25-2)8-13-18(21)26-17(19-13)11-6-4-3-5-7-11/h3-10H,1-2H3/b13-8-. The first kappa shape index (κ1) is 17.2. The maximum Gasteiger partial charge on any atom is 0.363 e. The normalized spacial score (nSPS) is 14.8. The van der Waals surface area contributed by atoms with Crippen LogP contribution in [-0.4, -0.2) is 31.0 Å². The van der Waals surface area contributed by atoms with Crippen LogP contribution in [0.1, 0.15) is 11.1 Å². The Hall–Kier alpha value is -3.68. The molecule has 0 unspecified atom stereocenters. The van der Waals surface area contributed by atoms with E-state index in [2.05, 4.69) is 4.99 Å². The molecule has 0 radical (unpaired) electrons. The molecule has 2 aromatic rings. The monoisotopic (exact) mass is 354 g/mol. The van der Waals surface area contributed by atoms with Gasteiger partial charge in [-0.05, 0) is 24.3 Å². The van der Waals surface area contributed by atoms with E-state index in [1.54, 1.807) is 24.3 Å². The number of nitro groups is 1. The topological polar surface area (TPSA) is 100 Å². The van der Waals surface area contributed by atoms with Gasteiger partial charge in [0, 0.05) is 5.56 Å². The zero-order valence-corrected chi connectivity index (χ0v) is 14.0. The van der Waals surface area contributed by atoms with Gasteiger partial charge in [-0.15, -0.1) is 0 Å². The lowest BCUT2D eigenvalue weighted by atomic mass is 10.1. The van der Waals surface area contributed by atoms with E-state index in [1.807, 2.05) is 6.07 Å². The molecule has 1 heterocycles. The third-order valence-corrected chi connectivity index (χ3v) is 3.66. The summed E-state index contributed by atoms with van der Waals surface area (Å²) >= 11 is 0. The molecule has 0 bridgehead atoms. The molecule has 8 nitrogen and oxygen atoms in total. The van der Waals surface area contributed by atoms with Crippen molar-refractivity contribution in [2.45, 2.75) is 0 Å². The van der Waals surface area contributed by atoms with E-state index in [9.17, 15) is 14.9 Å². The third-order valence-electron chi connectivity index (χ3n) is 3.66. The number of ether oxygens (including phenoxy) is 3. The van der Waals surface area contributed by atoms with Crippen molar-refractivity contribution in [2.75, 3.05) is 14.2 Å². The number of esters is 1. The van der Waals surface area contributed by atoms with Crippen molar-refractivity contribution in [3.8, 4) is 11.5 Å². The Bertz CT molecular complexity index is 934. The quantitative estimate of drug-likeness (QED) is 0.354. The van der Waals surface area contributed by atoms with Crippen LogP contribution >= 0.6 is 0 Å². The highest BCUT2D eigenvalue weighted by Gasteiger charge is 2.26. The summed E-state index contributed by atoms with van der Waals surface area (Å²) in [6, 6.07) is 11.5. The van der Waals surface area contributed by atoms with Gasteiger partial charge in [-0.3, -0.25) is 10.1 Å². The second-order valence-corrected chi connectivity index (χ2v) is 5.23. The minimum atomic E-state index is -0.687. The lowest BCUT2D eigenvalue weighted by Gasteiger charge is -2.08. The first-order chi connectivity index (χ1) is 12.5. The van der Waals surface area contributed by atoms with Crippen LogP contribution in [-0.2, 0) is 9.53 Å².